The van der Waals surface area contributed by atoms with Gasteiger partial charge >= 0.3 is 6.03 Å². The highest BCUT2D eigenvalue weighted by atomic mass is 16.5. The van der Waals surface area contributed by atoms with Crippen molar-refractivity contribution < 1.29 is 14.3 Å². The van der Waals surface area contributed by atoms with Crippen molar-refractivity contribution >= 4 is 11.9 Å². The van der Waals surface area contributed by atoms with E-state index in [1.165, 1.54) is 6.42 Å². The largest absolute Gasteiger partial charge is 0.381 e. The Labute approximate surface area is 145 Å². The molecule has 0 aromatic carbocycles. The number of imide groups is 1. The Hall–Kier alpha value is -1.10. The van der Waals surface area contributed by atoms with Gasteiger partial charge in [0.15, 0.2) is 0 Å². The number of amides is 3. The van der Waals surface area contributed by atoms with Crippen molar-refractivity contribution in [3.8, 4) is 0 Å². The summed E-state index contributed by atoms with van der Waals surface area (Å²) in [5.41, 5.74) is 0.302. The van der Waals surface area contributed by atoms with Gasteiger partial charge in [-0.05, 0) is 55.8 Å². The minimum atomic E-state index is -0.330. The molecule has 2 heterocycles. The molecule has 1 aliphatic carbocycles. The fraction of sp³-hybridized carbons (Fsp3) is 0.895. The lowest BCUT2D eigenvalue weighted by atomic mass is 9.76. The van der Waals surface area contributed by atoms with Crippen LogP contribution in [0.1, 0.15) is 65.7 Å². The molecule has 0 aromatic rings. The second-order valence-corrected chi connectivity index (χ2v) is 8.81. The second-order valence-electron chi connectivity index (χ2n) is 8.81. The molecular formula is C19H32N2O3. The highest BCUT2D eigenvalue weighted by molar-refractivity contribution is 6.04. The van der Waals surface area contributed by atoms with Crippen molar-refractivity contribution in [2.24, 2.45) is 17.3 Å². The van der Waals surface area contributed by atoms with Gasteiger partial charge in [0.1, 0.15) is 6.04 Å². The molecule has 0 radical (unpaired) electrons. The van der Waals surface area contributed by atoms with Gasteiger partial charge < -0.3 is 10.1 Å². The number of hydrogen-bond donors (Lipinski definition) is 1. The van der Waals surface area contributed by atoms with Crippen molar-refractivity contribution in [2.75, 3.05) is 13.2 Å². The van der Waals surface area contributed by atoms with Crippen molar-refractivity contribution in [2.45, 2.75) is 77.8 Å². The van der Waals surface area contributed by atoms with E-state index in [4.69, 9.17) is 4.74 Å². The quantitative estimate of drug-likeness (QED) is 0.621. The van der Waals surface area contributed by atoms with Crippen molar-refractivity contribution in [3.05, 3.63) is 0 Å². The van der Waals surface area contributed by atoms with Crippen molar-refractivity contribution in [1.82, 2.24) is 10.2 Å². The number of nitrogens with one attached hydrogen (secondary N) is 1. The van der Waals surface area contributed by atoms with Crippen LogP contribution >= 0.6 is 0 Å². The fourth-order valence-electron chi connectivity index (χ4n) is 4.63. The molecule has 3 fully saturated rings. The van der Waals surface area contributed by atoms with E-state index in [-0.39, 0.29) is 29.9 Å². The van der Waals surface area contributed by atoms with Gasteiger partial charge in [-0.1, -0.05) is 27.2 Å². The Morgan fingerprint density at radius 1 is 1.00 bits per heavy atom. The van der Waals surface area contributed by atoms with Gasteiger partial charge in [-0.2, -0.15) is 0 Å². The summed E-state index contributed by atoms with van der Waals surface area (Å²) in [4.78, 5) is 27.0. The van der Waals surface area contributed by atoms with E-state index in [9.17, 15) is 9.59 Å². The number of ether oxygens (including phenoxy) is 1. The Morgan fingerprint density at radius 3 is 2.38 bits per heavy atom. The molecule has 2 saturated heterocycles. The van der Waals surface area contributed by atoms with Crippen LogP contribution in [0.2, 0.25) is 0 Å². The molecule has 24 heavy (non-hydrogen) atoms. The SMILES string of the molecule is CC(C)(C)C1CCCC(N2C(=O)NC(C3CCOCC3)C2=O)CC1. The third-order valence-electron chi connectivity index (χ3n) is 6.27. The molecular weight excluding hydrogens is 304 g/mol. The average Bonchev–Trinajstić information content (AvgIpc) is 2.72. The van der Waals surface area contributed by atoms with Gasteiger partial charge in [0, 0.05) is 19.3 Å². The zero-order valence-electron chi connectivity index (χ0n) is 15.3. The van der Waals surface area contributed by atoms with Gasteiger partial charge in [-0.3, -0.25) is 9.69 Å². The van der Waals surface area contributed by atoms with Crippen LogP contribution in [-0.2, 0) is 9.53 Å². The first-order valence-corrected chi connectivity index (χ1v) is 9.59. The van der Waals surface area contributed by atoms with Crippen molar-refractivity contribution in [3.63, 3.8) is 0 Å². The summed E-state index contributed by atoms with van der Waals surface area (Å²) in [5.74, 6) is 0.911. The fourth-order valence-corrected chi connectivity index (χ4v) is 4.63. The van der Waals surface area contributed by atoms with Crippen LogP contribution in [0, 0.1) is 17.3 Å². The number of rotatable bonds is 2. The molecule has 3 aliphatic rings. The van der Waals surface area contributed by atoms with E-state index in [0.29, 0.717) is 24.5 Å². The summed E-state index contributed by atoms with van der Waals surface area (Å²) in [6.45, 7) is 8.29. The minimum absolute atomic E-state index is 0.00566. The van der Waals surface area contributed by atoms with Crippen LogP contribution in [0.25, 0.3) is 0 Å². The van der Waals surface area contributed by atoms with Gasteiger partial charge in [0.05, 0.1) is 0 Å². The number of carbonyl (C=O) groups excluding carboxylic acids is 2. The molecule has 5 nitrogen and oxygen atoms in total. The first-order valence-electron chi connectivity index (χ1n) is 9.59. The molecule has 0 bridgehead atoms. The average molecular weight is 336 g/mol. The predicted molar refractivity (Wildman–Crippen MR) is 92.5 cm³/mol. The Morgan fingerprint density at radius 2 is 1.71 bits per heavy atom. The van der Waals surface area contributed by atoms with Gasteiger partial charge in [0.2, 0.25) is 0 Å². The Kier molecular flexibility index (Phi) is 5.19. The zero-order chi connectivity index (χ0) is 17.3. The first-order chi connectivity index (χ1) is 11.4. The minimum Gasteiger partial charge on any atom is -0.381 e. The van der Waals surface area contributed by atoms with E-state index in [1.54, 1.807) is 4.90 Å². The van der Waals surface area contributed by atoms with Gasteiger partial charge in [0.25, 0.3) is 5.91 Å². The molecule has 3 unspecified atom stereocenters. The smallest absolute Gasteiger partial charge is 0.325 e. The molecule has 5 heteroatoms. The summed E-state index contributed by atoms with van der Waals surface area (Å²) < 4.78 is 5.39. The number of hydrogen-bond acceptors (Lipinski definition) is 3. The normalized spacial score (nSPS) is 33.5. The molecule has 3 rings (SSSR count). The lowest BCUT2D eigenvalue weighted by Gasteiger charge is -2.30. The summed E-state index contributed by atoms with van der Waals surface area (Å²) in [6, 6.07) is -0.423. The number of urea groups is 1. The van der Waals surface area contributed by atoms with Crippen molar-refractivity contribution in [1.29, 1.82) is 0 Å². The van der Waals surface area contributed by atoms with Gasteiger partial charge in [-0.25, -0.2) is 4.79 Å². The molecule has 1 saturated carbocycles. The second kappa shape index (κ2) is 7.03. The molecule has 1 N–H and O–H groups in total. The molecule has 0 aromatic heterocycles. The highest BCUT2D eigenvalue weighted by Gasteiger charge is 2.46. The number of carbonyl (C=O) groups is 2. The lowest BCUT2D eigenvalue weighted by Crippen LogP contribution is -2.42. The third kappa shape index (κ3) is 3.61. The molecule has 0 spiro atoms. The van der Waals surface area contributed by atoms with Crippen LogP contribution in [0.5, 0.6) is 0 Å². The highest BCUT2D eigenvalue weighted by Crippen LogP contribution is 2.38. The summed E-state index contributed by atoms with van der Waals surface area (Å²) in [6.07, 6.45) is 7.03. The Balaban J connectivity index is 1.65. The summed E-state index contributed by atoms with van der Waals surface area (Å²) in [5, 5.41) is 2.96. The van der Waals surface area contributed by atoms with Crippen LogP contribution in [0.15, 0.2) is 0 Å². The van der Waals surface area contributed by atoms with E-state index >= 15 is 0 Å². The predicted octanol–water partition coefficient (Wildman–Crippen LogP) is 3.33. The van der Waals surface area contributed by atoms with E-state index in [2.05, 4.69) is 26.1 Å². The first kappa shape index (κ1) is 17.7. The standard InChI is InChI=1S/C19H32N2O3/c1-19(2,3)14-5-4-6-15(8-7-14)21-17(22)16(20-18(21)23)13-9-11-24-12-10-13/h13-16H,4-12H2,1-3H3,(H,20,23). The molecule has 136 valence electrons. The topological polar surface area (TPSA) is 58.6 Å². The molecule has 3 atom stereocenters. The maximum Gasteiger partial charge on any atom is 0.325 e. The number of nitrogens with zero attached hydrogens (tertiary/aromatic N) is 1. The molecule has 3 amide bonds. The van der Waals surface area contributed by atoms with E-state index in [0.717, 1.165) is 38.5 Å². The maximum atomic E-state index is 12.9. The Bertz CT molecular complexity index is 479. The lowest BCUT2D eigenvalue weighted by molar-refractivity contribution is -0.131. The van der Waals surface area contributed by atoms with E-state index in [1.807, 2.05) is 0 Å². The van der Waals surface area contributed by atoms with Gasteiger partial charge in [-0.15, -0.1) is 0 Å². The zero-order valence-corrected chi connectivity index (χ0v) is 15.3. The van der Waals surface area contributed by atoms with Crippen LogP contribution in [0.3, 0.4) is 0 Å². The van der Waals surface area contributed by atoms with Crippen LogP contribution in [-0.4, -0.2) is 42.1 Å². The summed E-state index contributed by atoms with van der Waals surface area (Å²) >= 11 is 0. The maximum absolute atomic E-state index is 12.9. The monoisotopic (exact) mass is 336 g/mol. The van der Waals surface area contributed by atoms with Crippen LogP contribution in [0.4, 0.5) is 4.79 Å². The van der Waals surface area contributed by atoms with Crippen LogP contribution < -0.4 is 5.32 Å². The third-order valence-corrected chi connectivity index (χ3v) is 6.27. The van der Waals surface area contributed by atoms with E-state index < -0.39 is 0 Å². The molecule has 2 aliphatic heterocycles. The summed E-state index contributed by atoms with van der Waals surface area (Å²) in [7, 11) is 0.